The molecule has 0 spiro atoms. The number of benzene rings is 3. The van der Waals surface area contributed by atoms with Gasteiger partial charge in [-0.3, -0.25) is 4.79 Å². The highest BCUT2D eigenvalue weighted by Crippen LogP contribution is 2.37. The highest BCUT2D eigenvalue weighted by molar-refractivity contribution is 9.10. The fraction of sp³-hybridized carbons (Fsp3) is 0.150. The predicted molar refractivity (Wildman–Crippen MR) is 102 cm³/mol. The van der Waals surface area contributed by atoms with Gasteiger partial charge in [-0.25, -0.2) is 0 Å². The van der Waals surface area contributed by atoms with E-state index in [2.05, 4.69) is 21.2 Å². The second-order valence-corrected chi connectivity index (χ2v) is 6.56. The number of hydrogen-bond donors (Lipinski definition) is 1. The first-order chi connectivity index (χ1) is 11.5. The smallest absolute Gasteiger partial charge is 0.259 e. The molecule has 0 radical (unpaired) electrons. The van der Waals surface area contributed by atoms with E-state index in [1.54, 1.807) is 7.11 Å². The molecule has 122 valence electrons. The Morgan fingerprint density at radius 1 is 1.08 bits per heavy atom. The largest absolute Gasteiger partial charge is 0.495 e. The molecule has 0 unspecified atom stereocenters. The summed E-state index contributed by atoms with van der Waals surface area (Å²) in [5.41, 5.74) is 3.44. The van der Waals surface area contributed by atoms with Crippen molar-refractivity contribution in [3.05, 3.63) is 69.7 Å². The van der Waals surface area contributed by atoms with Gasteiger partial charge in [0, 0.05) is 5.69 Å². The molecule has 3 nitrogen and oxygen atoms in total. The lowest BCUT2D eigenvalue weighted by atomic mass is 10.0. The van der Waals surface area contributed by atoms with E-state index in [4.69, 9.17) is 4.74 Å². The average molecular weight is 384 g/mol. The third-order valence-corrected chi connectivity index (χ3v) is 4.82. The van der Waals surface area contributed by atoms with Crippen LogP contribution in [0, 0.1) is 13.8 Å². The Kier molecular flexibility index (Phi) is 4.58. The molecule has 0 saturated heterocycles. The Morgan fingerprint density at radius 2 is 1.83 bits per heavy atom. The van der Waals surface area contributed by atoms with Crippen LogP contribution in [0.25, 0.3) is 10.8 Å². The second kappa shape index (κ2) is 6.65. The number of halogens is 1. The molecule has 1 N–H and O–H groups in total. The van der Waals surface area contributed by atoms with Crippen LogP contribution in [0.3, 0.4) is 0 Å². The summed E-state index contributed by atoms with van der Waals surface area (Å²) >= 11 is 3.57. The molecule has 3 aromatic rings. The Morgan fingerprint density at radius 3 is 2.58 bits per heavy atom. The van der Waals surface area contributed by atoms with Crippen molar-refractivity contribution in [2.75, 3.05) is 12.4 Å². The molecule has 4 heteroatoms. The molecule has 0 aliphatic rings. The Bertz CT molecular complexity index is 934. The van der Waals surface area contributed by atoms with Crippen LogP contribution in [0.2, 0.25) is 0 Å². The first-order valence-corrected chi connectivity index (χ1v) is 8.44. The second-order valence-electron chi connectivity index (χ2n) is 5.76. The SMILES string of the molecule is COc1c(C(=O)Nc2cc(C)ccc2C)cc2ccccc2c1Br. The quantitative estimate of drug-likeness (QED) is 0.649. The van der Waals surface area contributed by atoms with Gasteiger partial charge in [-0.2, -0.15) is 0 Å². The van der Waals surface area contributed by atoms with Gasteiger partial charge < -0.3 is 10.1 Å². The summed E-state index contributed by atoms with van der Waals surface area (Å²) in [6.45, 7) is 3.98. The van der Waals surface area contributed by atoms with Gasteiger partial charge in [0.2, 0.25) is 0 Å². The van der Waals surface area contributed by atoms with Crippen molar-refractivity contribution in [1.82, 2.24) is 0 Å². The molecule has 0 bridgehead atoms. The van der Waals surface area contributed by atoms with E-state index in [0.29, 0.717) is 11.3 Å². The topological polar surface area (TPSA) is 38.3 Å². The van der Waals surface area contributed by atoms with Crippen molar-refractivity contribution in [2.24, 2.45) is 0 Å². The fourth-order valence-electron chi connectivity index (χ4n) is 2.71. The molecule has 0 saturated carbocycles. The normalized spacial score (nSPS) is 10.7. The lowest BCUT2D eigenvalue weighted by Gasteiger charge is -2.14. The number of rotatable bonds is 3. The molecular weight excluding hydrogens is 366 g/mol. The van der Waals surface area contributed by atoms with E-state index in [1.165, 1.54) is 0 Å². The van der Waals surface area contributed by atoms with Crippen LogP contribution in [0.1, 0.15) is 21.5 Å². The van der Waals surface area contributed by atoms with E-state index in [1.807, 2.05) is 62.4 Å². The zero-order chi connectivity index (χ0) is 17.3. The van der Waals surface area contributed by atoms with Crippen LogP contribution in [0.15, 0.2) is 53.0 Å². The van der Waals surface area contributed by atoms with Gasteiger partial charge in [-0.15, -0.1) is 0 Å². The molecular formula is C20H18BrNO2. The van der Waals surface area contributed by atoms with Crippen LogP contribution in [0.4, 0.5) is 5.69 Å². The van der Waals surface area contributed by atoms with Crippen LogP contribution in [0.5, 0.6) is 5.75 Å². The first kappa shape index (κ1) is 16.5. The fourth-order valence-corrected chi connectivity index (χ4v) is 3.45. The number of hydrogen-bond acceptors (Lipinski definition) is 2. The average Bonchev–Trinajstić information content (AvgIpc) is 2.58. The summed E-state index contributed by atoms with van der Waals surface area (Å²) in [5.74, 6) is 0.350. The molecule has 0 aromatic heterocycles. The van der Waals surface area contributed by atoms with Crippen LogP contribution < -0.4 is 10.1 Å². The molecule has 0 atom stereocenters. The maximum atomic E-state index is 12.8. The van der Waals surface area contributed by atoms with Gasteiger partial charge in [-0.05, 0) is 63.8 Å². The number of carbonyl (C=O) groups is 1. The molecule has 0 fully saturated rings. The Labute approximate surface area is 149 Å². The zero-order valence-corrected chi connectivity index (χ0v) is 15.4. The van der Waals surface area contributed by atoms with Crippen LogP contribution >= 0.6 is 15.9 Å². The molecule has 0 heterocycles. The zero-order valence-electron chi connectivity index (χ0n) is 13.8. The van der Waals surface area contributed by atoms with E-state index >= 15 is 0 Å². The summed E-state index contributed by atoms with van der Waals surface area (Å²) in [4.78, 5) is 12.8. The van der Waals surface area contributed by atoms with Gasteiger partial charge in [0.25, 0.3) is 5.91 Å². The molecule has 3 rings (SSSR count). The van der Waals surface area contributed by atoms with Crippen molar-refractivity contribution < 1.29 is 9.53 Å². The number of methoxy groups -OCH3 is 1. The number of ether oxygens (including phenoxy) is 1. The van der Waals surface area contributed by atoms with E-state index in [9.17, 15) is 4.79 Å². The number of carbonyl (C=O) groups excluding carboxylic acids is 1. The molecule has 24 heavy (non-hydrogen) atoms. The van der Waals surface area contributed by atoms with Gasteiger partial charge in [-0.1, -0.05) is 36.4 Å². The monoisotopic (exact) mass is 383 g/mol. The van der Waals surface area contributed by atoms with Gasteiger partial charge in [0.05, 0.1) is 17.1 Å². The van der Waals surface area contributed by atoms with E-state index in [-0.39, 0.29) is 5.91 Å². The van der Waals surface area contributed by atoms with E-state index in [0.717, 1.165) is 32.1 Å². The summed E-state index contributed by atoms with van der Waals surface area (Å²) in [6, 6.07) is 15.7. The maximum absolute atomic E-state index is 12.8. The van der Waals surface area contributed by atoms with Crippen molar-refractivity contribution >= 4 is 38.3 Å². The Balaban J connectivity index is 2.08. The van der Waals surface area contributed by atoms with Crippen LogP contribution in [-0.2, 0) is 0 Å². The van der Waals surface area contributed by atoms with Crippen molar-refractivity contribution in [3.8, 4) is 5.75 Å². The lowest BCUT2D eigenvalue weighted by molar-refractivity contribution is 0.102. The predicted octanol–water partition coefficient (Wildman–Crippen LogP) is 5.48. The third kappa shape index (κ3) is 3.02. The van der Waals surface area contributed by atoms with Gasteiger partial charge in [0.15, 0.2) is 0 Å². The highest BCUT2D eigenvalue weighted by Gasteiger charge is 2.18. The maximum Gasteiger partial charge on any atom is 0.259 e. The summed E-state index contributed by atoms with van der Waals surface area (Å²) in [6.07, 6.45) is 0. The number of fused-ring (bicyclic) bond motifs is 1. The van der Waals surface area contributed by atoms with Gasteiger partial charge >= 0.3 is 0 Å². The third-order valence-electron chi connectivity index (χ3n) is 4.03. The Hall–Kier alpha value is -2.33. The summed E-state index contributed by atoms with van der Waals surface area (Å²) in [7, 11) is 1.57. The van der Waals surface area contributed by atoms with E-state index < -0.39 is 0 Å². The highest BCUT2D eigenvalue weighted by atomic mass is 79.9. The van der Waals surface area contributed by atoms with Crippen LogP contribution in [-0.4, -0.2) is 13.0 Å². The number of aryl methyl sites for hydroxylation is 2. The molecule has 0 aliphatic carbocycles. The molecule has 3 aromatic carbocycles. The lowest BCUT2D eigenvalue weighted by Crippen LogP contribution is -2.14. The number of anilines is 1. The summed E-state index contributed by atoms with van der Waals surface area (Å²) in [5, 5.41) is 4.99. The van der Waals surface area contributed by atoms with Crippen molar-refractivity contribution in [3.63, 3.8) is 0 Å². The standard InChI is InChI=1S/C20H18BrNO2/c1-12-8-9-13(2)17(10-12)22-20(23)16-11-14-6-4-5-7-15(14)18(21)19(16)24-3/h4-11H,1-3H3,(H,22,23). The minimum Gasteiger partial charge on any atom is -0.495 e. The van der Waals surface area contributed by atoms with Gasteiger partial charge in [0.1, 0.15) is 5.75 Å². The first-order valence-electron chi connectivity index (χ1n) is 7.65. The minimum absolute atomic E-state index is 0.188. The number of nitrogens with one attached hydrogen (secondary N) is 1. The van der Waals surface area contributed by atoms with Crippen molar-refractivity contribution in [2.45, 2.75) is 13.8 Å². The molecule has 0 aliphatic heterocycles. The molecule has 1 amide bonds. The summed E-state index contributed by atoms with van der Waals surface area (Å²) < 4.78 is 6.28. The van der Waals surface area contributed by atoms with Crippen molar-refractivity contribution in [1.29, 1.82) is 0 Å². The number of amides is 1. The minimum atomic E-state index is -0.188.